The summed E-state index contributed by atoms with van der Waals surface area (Å²) in [5.41, 5.74) is 2.55. The summed E-state index contributed by atoms with van der Waals surface area (Å²) < 4.78 is 18.3. The van der Waals surface area contributed by atoms with Crippen LogP contribution in [0.15, 0.2) is 59.4 Å². The van der Waals surface area contributed by atoms with Crippen LogP contribution in [-0.2, 0) is 65.0 Å². The van der Waals surface area contributed by atoms with E-state index in [1.165, 1.54) is 0 Å². The summed E-state index contributed by atoms with van der Waals surface area (Å²) >= 11 is 0. The van der Waals surface area contributed by atoms with Gasteiger partial charge in [0.25, 0.3) is 5.56 Å². The molecule has 1 amide bonds. The van der Waals surface area contributed by atoms with Gasteiger partial charge in [-0.25, -0.2) is 14.6 Å². The molecular weight excluding hydrogens is 670 g/mol. The van der Waals surface area contributed by atoms with Gasteiger partial charge in [0.1, 0.15) is 18.4 Å². The van der Waals surface area contributed by atoms with Crippen LogP contribution in [-0.4, -0.2) is 50.5 Å². The molecule has 2 aliphatic rings. The van der Waals surface area contributed by atoms with Gasteiger partial charge < -0.3 is 29.2 Å². The Labute approximate surface area is 298 Å². The van der Waals surface area contributed by atoms with Crippen LogP contribution in [0.2, 0.25) is 0 Å². The van der Waals surface area contributed by atoms with E-state index in [1.54, 1.807) is 60.0 Å². The quantitative estimate of drug-likeness (QED) is 0.130. The molecular formula is C39H39N3O10. The highest BCUT2D eigenvalue weighted by molar-refractivity contribution is 5.91. The summed E-state index contributed by atoms with van der Waals surface area (Å²) in [6.45, 7) is 5.47. The topological polar surface area (TPSA) is 180 Å². The van der Waals surface area contributed by atoms with Gasteiger partial charge in [-0.15, -0.1) is 0 Å². The van der Waals surface area contributed by atoms with E-state index in [0.29, 0.717) is 35.3 Å². The molecule has 0 fully saturated rings. The number of hydrogen-bond donors (Lipinski definition) is 2. The number of carbonyl (C=O) groups is 5. The van der Waals surface area contributed by atoms with Gasteiger partial charge in [0.15, 0.2) is 0 Å². The van der Waals surface area contributed by atoms with Gasteiger partial charge in [0.2, 0.25) is 11.5 Å². The number of pyridine rings is 2. The SMILES string of the molecule is CCCC(=O)O[C@]1(CC)C(=O)OCc2c1cc1n(c2=O)Cc2c-1nc1ccc(OC(=O)CCC(=O)N[C@H](Cc3ccccc3)C(=O)O)cc1c2CC. The number of carbonyl (C=O) groups excluding carboxylic acids is 4. The van der Waals surface area contributed by atoms with Crippen LogP contribution in [0.25, 0.3) is 22.3 Å². The van der Waals surface area contributed by atoms with E-state index in [9.17, 15) is 33.9 Å². The first-order chi connectivity index (χ1) is 25.0. The standard InChI is InChI=1S/C39H39N3O10/c1-4-10-34(45)52-39(6-3)28-19-31-35-26(20-42(31)36(46)27(28)21-50-38(39)49)24(5-2)25-18-23(13-14-29(25)41-35)51-33(44)16-15-32(43)40-30(37(47)48)17-22-11-8-7-9-12-22/h7-9,11-14,18-19,30H,4-6,10,15-17,20-21H2,1-3H3,(H,40,43)(H,47,48)/t30-,39+/m1/s1. The Kier molecular flexibility index (Phi) is 10.2. The number of esters is 3. The van der Waals surface area contributed by atoms with E-state index in [0.717, 1.165) is 22.1 Å². The fraction of sp³-hybridized carbons (Fsp3) is 0.359. The van der Waals surface area contributed by atoms with Gasteiger partial charge in [-0.1, -0.05) is 51.1 Å². The number of rotatable bonds is 13. The highest BCUT2D eigenvalue weighted by Crippen LogP contribution is 2.42. The molecule has 2 aromatic heterocycles. The number of hydrogen-bond acceptors (Lipinski definition) is 10. The number of aliphatic carboxylic acids is 1. The Morgan fingerprint density at radius 2 is 1.75 bits per heavy atom. The molecule has 13 heteroatoms. The number of aryl methyl sites for hydroxylation is 1. The Morgan fingerprint density at radius 1 is 0.981 bits per heavy atom. The van der Waals surface area contributed by atoms with E-state index in [1.807, 2.05) is 19.9 Å². The highest BCUT2D eigenvalue weighted by atomic mass is 16.6. The number of nitrogens with one attached hydrogen (secondary N) is 1. The molecule has 0 spiro atoms. The van der Waals surface area contributed by atoms with Gasteiger partial charge in [0, 0.05) is 35.8 Å². The van der Waals surface area contributed by atoms with Crippen LogP contribution in [0.4, 0.5) is 0 Å². The molecule has 2 N–H and O–H groups in total. The zero-order chi connectivity index (χ0) is 37.2. The smallest absolute Gasteiger partial charge is 0.355 e. The summed E-state index contributed by atoms with van der Waals surface area (Å²) in [7, 11) is 0. The zero-order valence-corrected chi connectivity index (χ0v) is 29.2. The maximum Gasteiger partial charge on any atom is 0.355 e. The van der Waals surface area contributed by atoms with E-state index in [-0.39, 0.29) is 62.1 Å². The van der Waals surface area contributed by atoms with Crippen molar-refractivity contribution in [3.05, 3.63) is 92.8 Å². The molecule has 0 saturated carbocycles. The average molecular weight is 710 g/mol. The molecule has 6 rings (SSSR count). The number of ether oxygens (including phenoxy) is 3. The Bertz CT molecular complexity index is 2160. The molecule has 0 radical (unpaired) electrons. The lowest BCUT2D eigenvalue weighted by Crippen LogP contribution is -2.47. The van der Waals surface area contributed by atoms with Crippen molar-refractivity contribution >= 4 is 40.7 Å². The second-order valence-electron chi connectivity index (χ2n) is 12.9. The number of carboxylic acid groups (broad SMARTS) is 1. The lowest BCUT2D eigenvalue weighted by atomic mass is 9.85. The van der Waals surface area contributed by atoms with Crippen molar-refractivity contribution < 1.29 is 43.3 Å². The number of benzene rings is 2. The minimum Gasteiger partial charge on any atom is -0.480 e. The lowest BCUT2D eigenvalue weighted by Gasteiger charge is -2.35. The maximum absolute atomic E-state index is 13.9. The molecule has 0 aliphatic carbocycles. The van der Waals surface area contributed by atoms with Crippen LogP contribution in [0.1, 0.15) is 80.7 Å². The van der Waals surface area contributed by atoms with Crippen molar-refractivity contribution in [3.63, 3.8) is 0 Å². The van der Waals surface area contributed by atoms with Crippen molar-refractivity contribution in [2.45, 2.75) is 90.5 Å². The van der Waals surface area contributed by atoms with Gasteiger partial charge in [-0.05, 0) is 54.7 Å². The second-order valence-corrected chi connectivity index (χ2v) is 12.9. The number of carboxylic acids is 1. The molecule has 4 aromatic rings. The molecule has 2 aromatic carbocycles. The molecule has 52 heavy (non-hydrogen) atoms. The van der Waals surface area contributed by atoms with Gasteiger partial charge in [0.05, 0.1) is 35.4 Å². The predicted octanol–water partition coefficient (Wildman–Crippen LogP) is 4.49. The molecule has 0 unspecified atom stereocenters. The number of fused-ring (bicyclic) bond motifs is 5. The Morgan fingerprint density at radius 3 is 2.44 bits per heavy atom. The van der Waals surface area contributed by atoms with Crippen molar-refractivity contribution in [2.75, 3.05) is 0 Å². The van der Waals surface area contributed by atoms with E-state index in [2.05, 4.69) is 5.32 Å². The van der Waals surface area contributed by atoms with Gasteiger partial charge >= 0.3 is 23.9 Å². The summed E-state index contributed by atoms with van der Waals surface area (Å²) in [4.78, 5) is 81.8. The summed E-state index contributed by atoms with van der Waals surface area (Å²) in [5.74, 6) is -3.47. The largest absolute Gasteiger partial charge is 0.480 e. The van der Waals surface area contributed by atoms with Crippen molar-refractivity contribution in [1.82, 2.24) is 14.9 Å². The number of cyclic esters (lactones) is 1. The minimum atomic E-state index is -1.75. The van der Waals surface area contributed by atoms with Crippen molar-refractivity contribution in [2.24, 2.45) is 0 Å². The Balaban J connectivity index is 1.23. The first-order valence-electron chi connectivity index (χ1n) is 17.4. The van der Waals surface area contributed by atoms with Crippen LogP contribution in [0.3, 0.4) is 0 Å². The fourth-order valence-electron chi connectivity index (χ4n) is 6.93. The zero-order valence-electron chi connectivity index (χ0n) is 29.2. The van der Waals surface area contributed by atoms with E-state index >= 15 is 0 Å². The second kappa shape index (κ2) is 14.8. The molecule has 270 valence electrons. The monoisotopic (exact) mass is 709 g/mol. The molecule has 2 atom stereocenters. The summed E-state index contributed by atoms with van der Waals surface area (Å²) in [6.07, 6.45) is 0.853. The van der Waals surface area contributed by atoms with E-state index < -0.39 is 41.4 Å². The Hall–Kier alpha value is -5.85. The summed E-state index contributed by atoms with van der Waals surface area (Å²) in [5, 5.41) is 12.8. The van der Waals surface area contributed by atoms with Crippen molar-refractivity contribution in [1.29, 1.82) is 0 Å². The minimum absolute atomic E-state index is 0.0820. The lowest BCUT2D eigenvalue weighted by molar-refractivity contribution is -0.189. The molecule has 0 saturated heterocycles. The predicted molar refractivity (Wildman–Crippen MR) is 187 cm³/mol. The third kappa shape index (κ3) is 6.78. The molecule has 13 nitrogen and oxygen atoms in total. The maximum atomic E-state index is 13.9. The number of amides is 1. The van der Waals surface area contributed by atoms with Crippen LogP contribution in [0, 0.1) is 0 Å². The van der Waals surface area contributed by atoms with E-state index in [4.69, 9.17) is 19.2 Å². The van der Waals surface area contributed by atoms with Gasteiger partial charge in [-0.2, -0.15) is 0 Å². The van der Waals surface area contributed by atoms with Crippen LogP contribution in [0.5, 0.6) is 5.75 Å². The van der Waals surface area contributed by atoms with Crippen LogP contribution >= 0.6 is 0 Å². The first-order valence-corrected chi connectivity index (χ1v) is 17.4. The van der Waals surface area contributed by atoms with Gasteiger partial charge in [-0.3, -0.25) is 19.2 Å². The first kappa shape index (κ1) is 36.0. The molecule has 4 heterocycles. The highest BCUT2D eigenvalue weighted by Gasteiger charge is 2.50. The van der Waals surface area contributed by atoms with Crippen LogP contribution < -0.4 is 15.6 Å². The third-order valence-corrected chi connectivity index (χ3v) is 9.54. The number of aromatic nitrogens is 2. The normalized spacial score (nSPS) is 16.2. The van der Waals surface area contributed by atoms with Crippen molar-refractivity contribution in [3.8, 4) is 17.1 Å². The molecule has 2 aliphatic heterocycles. The third-order valence-electron chi connectivity index (χ3n) is 9.54. The fourth-order valence-corrected chi connectivity index (χ4v) is 6.93. The average Bonchev–Trinajstić information content (AvgIpc) is 3.49. The summed E-state index contributed by atoms with van der Waals surface area (Å²) in [6, 6.07) is 14.5. The molecule has 0 bridgehead atoms. The number of nitrogens with zero attached hydrogens (tertiary/aromatic N) is 2.